The summed E-state index contributed by atoms with van der Waals surface area (Å²) in [6, 6.07) is 14.2. The van der Waals surface area contributed by atoms with Crippen molar-refractivity contribution in [3.63, 3.8) is 0 Å². The third-order valence-corrected chi connectivity index (χ3v) is 7.71. The van der Waals surface area contributed by atoms with Gasteiger partial charge in [-0.2, -0.15) is 0 Å². The van der Waals surface area contributed by atoms with E-state index in [0.717, 1.165) is 11.3 Å². The number of aromatic carboxylic acids is 1. The summed E-state index contributed by atoms with van der Waals surface area (Å²) in [6.45, 7) is 5.85. The fourth-order valence-corrected chi connectivity index (χ4v) is 5.85. The minimum absolute atomic E-state index is 0.0552. The third-order valence-electron chi connectivity index (χ3n) is 6.40. The summed E-state index contributed by atoms with van der Waals surface area (Å²) < 4.78 is 18.9. The van der Waals surface area contributed by atoms with Crippen LogP contribution in [-0.2, 0) is 9.53 Å². The molecule has 3 heterocycles. The number of allylic oxidation sites excluding steroid dienone is 1. The smallest absolute Gasteiger partial charge is 0.338 e. The van der Waals surface area contributed by atoms with E-state index in [2.05, 4.69) is 4.99 Å². The highest BCUT2D eigenvalue weighted by atomic mass is 35.5. The summed E-state index contributed by atoms with van der Waals surface area (Å²) in [6.07, 6.45) is 1.58. The molecule has 0 fully saturated rings. The van der Waals surface area contributed by atoms with Crippen molar-refractivity contribution in [3.05, 3.63) is 107 Å². The molecule has 1 aliphatic heterocycles. The van der Waals surface area contributed by atoms with Gasteiger partial charge in [-0.25, -0.2) is 9.79 Å². The molecule has 2 aromatic heterocycles. The number of thiazole rings is 1. The van der Waals surface area contributed by atoms with Gasteiger partial charge in [-0.1, -0.05) is 41.1 Å². The Hall–Kier alpha value is -4.41. The van der Waals surface area contributed by atoms with Gasteiger partial charge in [0.1, 0.15) is 23.3 Å². The molecule has 0 radical (unpaired) electrons. The molecule has 5 rings (SSSR count). The monoisotopic (exact) mass is 591 g/mol. The average Bonchev–Trinajstić information content (AvgIpc) is 3.53. The number of benzene rings is 2. The van der Waals surface area contributed by atoms with Crippen molar-refractivity contribution in [2.45, 2.75) is 26.8 Å². The summed E-state index contributed by atoms with van der Waals surface area (Å²) in [7, 11) is 0. The van der Waals surface area contributed by atoms with Crippen molar-refractivity contribution in [2.75, 3.05) is 13.2 Å². The number of ether oxygens (including phenoxy) is 2. The zero-order chi connectivity index (χ0) is 29.3. The van der Waals surface area contributed by atoms with Crippen LogP contribution in [0.1, 0.15) is 48.5 Å². The van der Waals surface area contributed by atoms with E-state index >= 15 is 0 Å². The van der Waals surface area contributed by atoms with E-state index in [0.29, 0.717) is 50.0 Å². The van der Waals surface area contributed by atoms with Crippen molar-refractivity contribution in [2.24, 2.45) is 4.99 Å². The van der Waals surface area contributed by atoms with Gasteiger partial charge in [-0.15, -0.1) is 0 Å². The maximum absolute atomic E-state index is 13.9. The quantitative estimate of drug-likeness (QED) is 0.287. The number of furan rings is 1. The molecule has 2 aromatic carbocycles. The number of hydrogen-bond donors (Lipinski definition) is 0. The van der Waals surface area contributed by atoms with E-state index in [1.807, 2.05) is 25.1 Å². The van der Waals surface area contributed by atoms with Crippen molar-refractivity contribution in [3.8, 4) is 17.1 Å². The van der Waals surface area contributed by atoms with Gasteiger partial charge in [0.05, 0.1) is 35.0 Å². The predicted molar refractivity (Wildman–Crippen MR) is 151 cm³/mol. The van der Waals surface area contributed by atoms with E-state index in [1.165, 1.54) is 16.7 Å². The topological polar surface area (TPSA) is 123 Å². The lowest BCUT2D eigenvalue weighted by molar-refractivity contribution is -0.255. The second-order valence-electron chi connectivity index (χ2n) is 8.96. The van der Waals surface area contributed by atoms with Crippen LogP contribution in [0.3, 0.4) is 0 Å². The number of carbonyl (C=O) groups excluding carboxylic acids is 2. The standard InChI is InChI=1S/C30H25ClN2O7S/c1-4-38-23-9-7-6-8-19(23)26-25(29(37)39-5-2)16(3)32-30-33(26)27(34)24(41-30)15-18-11-13-22(40-18)17-10-12-21(31)20(14-17)28(35)36/h6-15,26H,4-5H2,1-3H3,(H,35,36)/p-1/b24-15-/t26-/m0/s1. The first kappa shape index (κ1) is 28.1. The molecule has 0 spiro atoms. The number of carboxylic acids is 1. The number of esters is 1. The number of halogens is 1. The summed E-state index contributed by atoms with van der Waals surface area (Å²) in [5, 5.41) is 11.4. The molecule has 1 atom stereocenters. The Morgan fingerprint density at radius 2 is 1.93 bits per heavy atom. The number of carbonyl (C=O) groups is 2. The van der Waals surface area contributed by atoms with Crippen LogP contribution in [0.2, 0.25) is 5.02 Å². The van der Waals surface area contributed by atoms with E-state index < -0.39 is 18.0 Å². The third kappa shape index (κ3) is 5.36. The molecular formula is C30H24ClN2O7S-. The molecule has 11 heteroatoms. The molecule has 0 amide bonds. The van der Waals surface area contributed by atoms with Gasteiger partial charge in [-0.05, 0) is 57.2 Å². The minimum atomic E-state index is -1.40. The lowest BCUT2D eigenvalue weighted by Gasteiger charge is -2.26. The molecule has 4 aromatic rings. The zero-order valence-corrected chi connectivity index (χ0v) is 23.9. The Bertz CT molecular complexity index is 1880. The summed E-state index contributed by atoms with van der Waals surface area (Å²) in [4.78, 5) is 43.4. The predicted octanol–water partition coefficient (Wildman–Crippen LogP) is 3.47. The van der Waals surface area contributed by atoms with E-state index in [4.69, 9.17) is 25.5 Å². The van der Waals surface area contributed by atoms with Crippen LogP contribution in [0.5, 0.6) is 5.75 Å². The number of rotatable bonds is 8. The van der Waals surface area contributed by atoms with E-state index in [-0.39, 0.29) is 28.3 Å². The van der Waals surface area contributed by atoms with Crippen LogP contribution in [0.4, 0.5) is 0 Å². The molecule has 0 saturated heterocycles. The van der Waals surface area contributed by atoms with Crippen LogP contribution >= 0.6 is 22.9 Å². The molecule has 0 unspecified atom stereocenters. The molecule has 0 N–H and O–H groups in total. The van der Waals surface area contributed by atoms with Crippen LogP contribution in [0.25, 0.3) is 17.4 Å². The molecular weight excluding hydrogens is 568 g/mol. The number of fused-ring (bicyclic) bond motifs is 1. The second kappa shape index (κ2) is 11.6. The lowest BCUT2D eigenvalue weighted by Crippen LogP contribution is -2.40. The van der Waals surface area contributed by atoms with E-state index in [1.54, 1.807) is 44.2 Å². The summed E-state index contributed by atoms with van der Waals surface area (Å²) >= 11 is 7.11. The van der Waals surface area contributed by atoms with Crippen molar-refractivity contribution in [1.82, 2.24) is 4.57 Å². The Balaban J connectivity index is 1.64. The summed E-state index contributed by atoms with van der Waals surface area (Å²) in [5.41, 5.74) is 1.28. The first-order valence-corrected chi connectivity index (χ1v) is 13.9. The SMILES string of the molecule is CCOC(=O)C1=C(C)N=c2s/c(=C\c3ccc(-c4ccc(Cl)c(C(=O)[O-])c4)o3)c(=O)n2[C@H]1c1ccccc1OCC. The zero-order valence-electron chi connectivity index (χ0n) is 22.3. The molecule has 210 valence electrons. The highest BCUT2D eigenvalue weighted by Gasteiger charge is 2.35. The second-order valence-corrected chi connectivity index (χ2v) is 10.4. The van der Waals surface area contributed by atoms with E-state index in [9.17, 15) is 19.5 Å². The number of para-hydroxylation sites is 1. The maximum Gasteiger partial charge on any atom is 0.338 e. The molecule has 9 nitrogen and oxygen atoms in total. The fraction of sp³-hybridized carbons (Fsp3) is 0.200. The normalized spacial score (nSPS) is 14.9. The Kier molecular flexibility index (Phi) is 7.96. The molecule has 0 aliphatic carbocycles. The Morgan fingerprint density at radius 3 is 2.66 bits per heavy atom. The fourth-order valence-electron chi connectivity index (χ4n) is 4.63. The maximum atomic E-state index is 13.9. The molecule has 1 aliphatic rings. The Morgan fingerprint density at radius 1 is 1.15 bits per heavy atom. The number of nitrogens with zero attached hydrogens (tertiary/aromatic N) is 2. The van der Waals surface area contributed by atoms with Gasteiger partial charge >= 0.3 is 5.97 Å². The first-order valence-electron chi connectivity index (χ1n) is 12.8. The van der Waals surface area contributed by atoms with Gasteiger partial charge in [0.2, 0.25) is 0 Å². The van der Waals surface area contributed by atoms with Crippen molar-refractivity contribution in [1.29, 1.82) is 0 Å². The molecule has 0 saturated carbocycles. The first-order chi connectivity index (χ1) is 19.7. The summed E-state index contributed by atoms with van der Waals surface area (Å²) in [5.74, 6) is -0.674. The molecule has 0 bridgehead atoms. The van der Waals surface area contributed by atoms with Crippen LogP contribution in [0.15, 0.2) is 80.1 Å². The number of hydrogen-bond acceptors (Lipinski definition) is 9. The van der Waals surface area contributed by atoms with Gasteiger partial charge < -0.3 is 23.8 Å². The highest BCUT2D eigenvalue weighted by molar-refractivity contribution is 7.07. The van der Waals surface area contributed by atoms with Crippen LogP contribution < -0.4 is 24.7 Å². The number of carboxylic acid groups (broad SMARTS) is 1. The van der Waals surface area contributed by atoms with Gasteiger partial charge in [0.15, 0.2) is 4.80 Å². The van der Waals surface area contributed by atoms with Crippen LogP contribution in [-0.4, -0.2) is 29.7 Å². The van der Waals surface area contributed by atoms with Gasteiger partial charge in [0, 0.05) is 27.8 Å². The van der Waals surface area contributed by atoms with Gasteiger partial charge in [0.25, 0.3) is 5.56 Å². The largest absolute Gasteiger partial charge is 0.545 e. The Labute approximate surface area is 243 Å². The number of aromatic nitrogens is 1. The van der Waals surface area contributed by atoms with Crippen molar-refractivity contribution < 1.29 is 28.6 Å². The minimum Gasteiger partial charge on any atom is -0.545 e. The van der Waals surface area contributed by atoms with Gasteiger partial charge in [-0.3, -0.25) is 9.36 Å². The lowest BCUT2D eigenvalue weighted by atomic mass is 9.95. The average molecular weight is 592 g/mol. The van der Waals surface area contributed by atoms with Crippen molar-refractivity contribution >= 4 is 41.0 Å². The van der Waals surface area contributed by atoms with Crippen LogP contribution in [0, 0.1) is 0 Å². The molecule has 41 heavy (non-hydrogen) atoms. The highest BCUT2D eigenvalue weighted by Crippen LogP contribution is 2.36.